The monoisotopic (exact) mass is 458 g/mol. The van der Waals surface area contributed by atoms with E-state index in [0.717, 1.165) is 86.2 Å². The molecule has 2 aromatic heterocycles. The highest BCUT2D eigenvalue weighted by Crippen LogP contribution is 2.39. The largest absolute Gasteiger partial charge is 0.455 e. The zero-order valence-electron chi connectivity index (χ0n) is 19.6. The van der Waals surface area contributed by atoms with Crippen LogP contribution in [0.5, 0.6) is 0 Å². The molecule has 1 N–H and O–H groups in total. The van der Waals surface area contributed by atoms with Crippen LogP contribution in [0, 0.1) is 6.92 Å². The second-order valence-electron chi connectivity index (χ2n) is 9.77. The molecule has 34 heavy (non-hydrogen) atoms. The van der Waals surface area contributed by atoms with Gasteiger partial charge in [0.25, 0.3) is 5.91 Å². The summed E-state index contributed by atoms with van der Waals surface area (Å²) in [5, 5.41) is 7.99. The number of furan rings is 1. The standard InChI is InChI=1S/C27H30N4O3/c1-17-24-22(34-26(17)27(33)30-13-4-5-14-30)12-11-19-15-31(29-25(19)24)16-23(32)28-21-10-6-8-18-7-2-3-9-20(18)21/h2-3,7,9,15,21H,4-6,8,10-14,16H2,1H3,(H,28,32). The van der Waals surface area contributed by atoms with E-state index in [2.05, 4.69) is 23.5 Å². The first kappa shape index (κ1) is 21.2. The van der Waals surface area contributed by atoms with Gasteiger partial charge in [0.15, 0.2) is 5.76 Å². The Balaban J connectivity index is 1.21. The lowest BCUT2D eigenvalue weighted by Gasteiger charge is -2.26. The molecule has 0 saturated carbocycles. The number of nitrogens with one attached hydrogen (secondary N) is 1. The van der Waals surface area contributed by atoms with Crippen molar-refractivity contribution >= 4 is 11.8 Å². The fourth-order valence-electron chi connectivity index (χ4n) is 5.80. The molecule has 1 atom stereocenters. The average molecular weight is 459 g/mol. The van der Waals surface area contributed by atoms with Crippen molar-refractivity contribution in [1.82, 2.24) is 20.0 Å². The lowest BCUT2D eigenvalue weighted by Crippen LogP contribution is -2.33. The predicted octanol–water partition coefficient (Wildman–Crippen LogP) is 3.98. The molecular formula is C27H30N4O3. The summed E-state index contributed by atoms with van der Waals surface area (Å²) in [7, 11) is 0. The van der Waals surface area contributed by atoms with Gasteiger partial charge < -0.3 is 14.6 Å². The fourth-order valence-corrected chi connectivity index (χ4v) is 5.80. The van der Waals surface area contributed by atoms with Gasteiger partial charge in [-0.1, -0.05) is 24.3 Å². The molecule has 0 bridgehead atoms. The van der Waals surface area contributed by atoms with E-state index in [1.807, 2.05) is 24.1 Å². The second kappa shape index (κ2) is 8.46. The van der Waals surface area contributed by atoms with Crippen LogP contribution in [0.4, 0.5) is 0 Å². The normalized spacial score (nSPS) is 18.9. The third-order valence-corrected chi connectivity index (χ3v) is 7.51. The lowest BCUT2D eigenvalue weighted by molar-refractivity contribution is -0.122. The number of benzene rings is 1. The maximum atomic E-state index is 13.0. The minimum Gasteiger partial charge on any atom is -0.455 e. The molecule has 2 amide bonds. The predicted molar refractivity (Wildman–Crippen MR) is 127 cm³/mol. The minimum atomic E-state index is -0.0319. The molecule has 0 radical (unpaired) electrons. The molecule has 1 saturated heterocycles. The van der Waals surface area contributed by atoms with E-state index in [4.69, 9.17) is 9.52 Å². The third kappa shape index (κ3) is 3.63. The Morgan fingerprint density at radius 1 is 1.09 bits per heavy atom. The number of hydrogen-bond donors (Lipinski definition) is 1. The summed E-state index contributed by atoms with van der Waals surface area (Å²) in [6.07, 6.45) is 8.73. The molecule has 3 heterocycles. The number of hydrogen-bond acceptors (Lipinski definition) is 4. The Morgan fingerprint density at radius 3 is 2.76 bits per heavy atom. The Morgan fingerprint density at radius 2 is 1.91 bits per heavy atom. The van der Waals surface area contributed by atoms with Crippen LogP contribution in [0.1, 0.15) is 70.3 Å². The number of fused-ring (bicyclic) bond motifs is 4. The topological polar surface area (TPSA) is 80.4 Å². The fraction of sp³-hybridized carbons (Fsp3) is 0.444. The zero-order chi connectivity index (χ0) is 23.2. The number of aryl methyl sites for hydroxylation is 3. The van der Waals surface area contributed by atoms with Crippen molar-refractivity contribution in [1.29, 1.82) is 0 Å². The van der Waals surface area contributed by atoms with Crippen molar-refractivity contribution in [2.75, 3.05) is 13.1 Å². The van der Waals surface area contributed by atoms with Gasteiger partial charge in [-0.25, -0.2) is 0 Å². The van der Waals surface area contributed by atoms with Gasteiger partial charge in [0.2, 0.25) is 5.91 Å². The van der Waals surface area contributed by atoms with Gasteiger partial charge in [-0.3, -0.25) is 14.3 Å². The highest BCUT2D eigenvalue weighted by atomic mass is 16.4. The van der Waals surface area contributed by atoms with Crippen molar-refractivity contribution in [3.63, 3.8) is 0 Å². The van der Waals surface area contributed by atoms with Crippen LogP contribution in [0.3, 0.4) is 0 Å². The molecule has 7 nitrogen and oxygen atoms in total. The highest BCUT2D eigenvalue weighted by molar-refractivity contribution is 5.95. The van der Waals surface area contributed by atoms with E-state index in [1.54, 1.807) is 4.68 Å². The van der Waals surface area contributed by atoms with Crippen molar-refractivity contribution in [2.45, 2.75) is 64.5 Å². The smallest absolute Gasteiger partial charge is 0.289 e. The van der Waals surface area contributed by atoms with Crippen LogP contribution < -0.4 is 5.32 Å². The van der Waals surface area contributed by atoms with Crippen molar-refractivity contribution < 1.29 is 14.0 Å². The van der Waals surface area contributed by atoms with E-state index in [9.17, 15) is 9.59 Å². The summed E-state index contributed by atoms with van der Waals surface area (Å²) in [5.74, 6) is 1.23. The maximum absolute atomic E-state index is 13.0. The number of aromatic nitrogens is 2. The molecule has 2 aliphatic carbocycles. The molecular weight excluding hydrogens is 428 g/mol. The van der Waals surface area contributed by atoms with Gasteiger partial charge >= 0.3 is 0 Å². The molecule has 7 heteroatoms. The summed E-state index contributed by atoms with van der Waals surface area (Å²) in [6.45, 7) is 3.72. The minimum absolute atomic E-state index is 0.0162. The molecule has 1 unspecified atom stereocenters. The zero-order valence-corrected chi connectivity index (χ0v) is 19.6. The summed E-state index contributed by atoms with van der Waals surface area (Å²) in [5.41, 5.74) is 6.31. The highest BCUT2D eigenvalue weighted by Gasteiger charge is 2.32. The van der Waals surface area contributed by atoms with Gasteiger partial charge in [0.05, 0.1) is 11.7 Å². The number of rotatable bonds is 4. The van der Waals surface area contributed by atoms with Gasteiger partial charge in [-0.2, -0.15) is 5.10 Å². The van der Waals surface area contributed by atoms with Crippen LogP contribution >= 0.6 is 0 Å². The molecule has 6 rings (SSSR count). The van der Waals surface area contributed by atoms with Crippen molar-refractivity contribution in [3.8, 4) is 11.3 Å². The van der Waals surface area contributed by atoms with Crippen molar-refractivity contribution in [3.05, 3.63) is 64.2 Å². The third-order valence-electron chi connectivity index (χ3n) is 7.51. The van der Waals surface area contributed by atoms with Gasteiger partial charge in [-0.15, -0.1) is 0 Å². The Bertz CT molecular complexity index is 1260. The van der Waals surface area contributed by atoms with Crippen LogP contribution in [0.2, 0.25) is 0 Å². The number of carbonyl (C=O) groups excluding carboxylic acids is 2. The number of carbonyl (C=O) groups is 2. The van der Waals surface area contributed by atoms with Crippen LogP contribution in [-0.2, 0) is 30.6 Å². The number of nitrogens with zero attached hydrogens (tertiary/aromatic N) is 3. The Hall–Kier alpha value is -3.35. The summed E-state index contributed by atoms with van der Waals surface area (Å²) < 4.78 is 7.81. The molecule has 1 aromatic carbocycles. The first-order valence-corrected chi connectivity index (χ1v) is 12.4. The van der Waals surface area contributed by atoms with E-state index in [-0.39, 0.29) is 24.4 Å². The SMILES string of the molecule is Cc1c(C(=O)N2CCCC2)oc2c1-c1nn(CC(=O)NC3CCCc4ccccc43)cc1CC2. The quantitative estimate of drug-likeness (QED) is 0.641. The van der Waals surface area contributed by atoms with Gasteiger partial charge in [0, 0.05) is 36.8 Å². The maximum Gasteiger partial charge on any atom is 0.289 e. The number of amides is 2. The molecule has 3 aliphatic rings. The summed E-state index contributed by atoms with van der Waals surface area (Å²) >= 11 is 0. The molecule has 1 aliphatic heterocycles. The van der Waals surface area contributed by atoms with Gasteiger partial charge in [0.1, 0.15) is 12.3 Å². The molecule has 0 spiro atoms. The Labute approximate surface area is 199 Å². The van der Waals surface area contributed by atoms with Crippen LogP contribution in [0.25, 0.3) is 11.3 Å². The molecule has 3 aromatic rings. The summed E-state index contributed by atoms with van der Waals surface area (Å²) in [4.78, 5) is 27.8. The molecule has 1 fully saturated rings. The summed E-state index contributed by atoms with van der Waals surface area (Å²) in [6, 6.07) is 8.44. The number of likely N-dealkylation sites (tertiary alicyclic amines) is 1. The van der Waals surface area contributed by atoms with E-state index in [1.165, 1.54) is 11.1 Å². The second-order valence-corrected chi connectivity index (χ2v) is 9.77. The van der Waals surface area contributed by atoms with E-state index in [0.29, 0.717) is 5.76 Å². The van der Waals surface area contributed by atoms with Crippen LogP contribution in [0.15, 0.2) is 34.9 Å². The van der Waals surface area contributed by atoms with Crippen LogP contribution in [-0.4, -0.2) is 39.6 Å². The molecule has 176 valence electrons. The lowest BCUT2D eigenvalue weighted by atomic mass is 9.88. The van der Waals surface area contributed by atoms with E-state index >= 15 is 0 Å². The Kier molecular flexibility index (Phi) is 5.27. The van der Waals surface area contributed by atoms with Crippen molar-refractivity contribution in [2.24, 2.45) is 0 Å². The first-order chi connectivity index (χ1) is 16.6. The first-order valence-electron chi connectivity index (χ1n) is 12.4. The van der Waals surface area contributed by atoms with Gasteiger partial charge in [-0.05, 0) is 62.1 Å². The average Bonchev–Trinajstić information content (AvgIpc) is 3.57. The van der Waals surface area contributed by atoms with E-state index < -0.39 is 0 Å².